The first-order chi connectivity index (χ1) is 9.31. The van der Waals surface area contributed by atoms with Crippen LogP contribution in [0, 0.1) is 0 Å². The molecule has 19 heavy (non-hydrogen) atoms. The molecular formula is C14H19N4O. The van der Waals surface area contributed by atoms with Gasteiger partial charge in [-0.05, 0) is 43.3 Å². The lowest BCUT2D eigenvalue weighted by atomic mass is 9.85. The molecule has 2 N–H and O–H groups in total. The van der Waals surface area contributed by atoms with Crippen LogP contribution >= 0.6 is 0 Å². The number of hydrogen-bond acceptors (Lipinski definition) is 3. The highest BCUT2D eigenvalue weighted by Gasteiger charge is 2.37. The summed E-state index contributed by atoms with van der Waals surface area (Å²) in [5, 5.41) is 8.49. The first-order valence-electron chi connectivity index (χ1n) is 7.27. The molecule has 3 aliphatic heterocycles. The van der Waals surface area contributed by atoms with Crippen molar-refractivity contribution in [3.05, 3.63) is 22.5 Å². The summed E-state index contributed by atoms with van der Waals surface area (Å²) in [5.41, 5.74) is 9.18. The average molecular weight is 259 g/mol. The minimum atomic E-state index is 0.0903. The molecule has 4 aliphatic rings. The highest BCUT2D eigenvalue weighted by Crippen LogP contribution is 2.36. The molecule has 3 heterocycles. The lowest BCUT2D eigenvalue weighted by molar-refractivity contribution is -0.119. The van der Waals surface area contributed by atoms with Gasteiger partial charge in [-0.3, -0.25) is 4.79 Å². The van der Waals surface area contributed by atoms with Crippen LogP contribution in [0.2, 0.25) is 0 Å². The van der Waals surface area contributed by atoms with Crippen molar-refractivity contribution >= 4 is 5.91 Å². The van der Waals surface area contributed by atoms with E-state index in [1.165, 1.54) is 31.3 Å². The third-order valence-electron chi connectivity index (χ3n) is 4.58. The zero-order valence-corrected chi connectivity index (χ0v) is 11.0. The Morgan fingerprint density at radius 1 is 1.16 bits per heavy atom. The normalized spacial score (nSPS) is 30.7. The number of nitrogens with zero attached hydrogens (tertiary/aromatic N) is 2. The van der Waals surface area contributed by atoms with Gasteiger partial charge in [-0.1, -0.05) is 0 Å². The standard InChI is InChI=1S/C14H19N4O/c19-13-6-5-12(16-13)18-8-11-10-4-2-1-3-9(10)7-15-14(11)17-18/h12,15H,1-8H2,(H,16,19)/t12-/m1/s1. The van der Waals surface area contributed by atoms with Gasteiger partial charge in [0.15, 0.2) is 0 Å². The quantitative estimate of drug-likeness (QED) is 0.730. The van der Waals surface area contributed by atoms with Gasteiger partial charge >= 0.3 is 0 Å². The van der Waals surface area contributed by atoms with Crippen molar-refractivity contribution in [3.8, 4) is 0 Å². The predicted molar refractivity (Wildman–Crippen MR) is 70.5 cm³/mol. The first kappa shape index (κ1) is 11.3. The summed E-state index contributed by atoms with van der Waals surface area (Å²) in [6.07, 6.45) is 6.65. The van der Waals surface area contributed by atoms with Crippen molar-refractivity contribution in [3.63, 3.8) is 0 Å². The lowest BCUT2D eigenvalue weighted by Gasteiger charge is -2.26. The van der Waals surface area contributed by atoms with Gasteiger partial charge < -0.3 is 10.6 Å². The molecule has 5 nitrogen and oxygen atoms in total. The Kier molecular flexibility index (Phi) is 2.55. The van der Waals surface area contributed by atoms with Gasteiger partial charge in [-0.15, -0.1) is 0 Å². The smallest absolute Gasteiger partial charge is 0.221 e. The van der Waals surface area contributed by atoms with E-state index in [0.29, 0.717) is 6.42 Å². The highest BCUT2D eigenvalue weighted by atomic mass is 16.2. The van der Waals surface area contributed by atoms with Crippen molar-refractivity contribution in [1.82, 2.24) is 21.1 Å². The van der Waals surface area contributed by atoms with E-state index >= 15 is 0 Å². The summed E-state index contributed by atoms with van der Waals surface area (Å²) >= 11 is 0. The molecule has 1 saturated heterocycles. The third-order valence-corrected chi connectivity index (χ3v) is 4.58. The molecule has 0 unspecified atom stereocenters. The fourth-order valence-corrected chi connectivity index (χ4v) is 3.56. The molecule has 0 aromatic rings. The second kappa shape index (κ2) is 4.27. The van der Waals surface area contributed by atoms with E-state index < -0.39 is 0 Å². The van der Waals surface area contributed by atoms with Crippen LogP contribution in [0.15, 0.2) is 22.5 Å². The molecule has 1 radical (unpaired) electrons. The largest absolute Gasteiger partial charge is 0.365 e. The maximum Gasteiger partial charge on any atom is 0.221 e. The summed E-state index contributed by atoms with van der Waals surface area (Å²) in [6, 6.07) is 0. The van der Waals surface area contributed by atoms with Crippen LogP contribution in [0.25, 0.3) is 0 Å². The minimum Gasteiger partial charge on any atom is -0.365 e. The molecule has 0 aromatic carbocycles. The first-order valence-corrected chi connectivity index (χ1v) is 7.27. The number of fused-ring (bicyclic) bond motifs is 1. The molecule has 0 spiro atoms. The molecule has 0 aromatic heterocycles. The summed E-state index contributed by atoms with van der Waals surface area (Å²) < 4.78 is 0. The molecule has 1 atom stereocenters. The van der Waals surface area contributed by atoms with Crippen molar-refractivity contribution in [2.45, 2.75) is 44.7 Å². The van der Waals surface area contributed by atoms with E-state index in [2.05, 4.69) is 16.1 Å². The summed E-state index contributed by atoms with van der Waals surface area (Å²) in [6.45, 7) is 1.81. The SMILES string of the molecule is O=C1CC[C@@H](N2CC3=C([N]2)NCC2=C3CCCC2)N1. The number of nitrogens with one attached hydrogen (secondary N) is 2. The van der Waals surface area contributed by atoms with Gasteiger partial charge in [0.1, 0.15) is 12.0 Å². The van der Waals surface area contributed by atoms with Crippen LogP contribution in [0.4, 0.5) is 0 Å². The van der Waals surface area contributed by atoms with E-state index in [4.69, 9.17) is 0 Å². The molecule has 1 fully saturated rings. The number of rotatable bonds is 1. The van der Waals surface area contributed by atoms with Gasteiger partial charge in [0.2, 0.25) is 5.91 Å². The summed E-state index contributed by atoms with van der Waals surface area (Å²) in [7, 11) is 0. The second-order valence-electron chi connectivity index (χ2n) is 5.79. The number of carbonyl (C=O) groups excluding carboxylic acids is 1. The van der Waals surface area contributed by atoms with Crippen LogP contribution in [-0.2, 0) is 4.79 Å². The monoisotopic (exact) mass is 259 g/mol. The summed E-state index contributed by atoms with van der Waals surface area (Å²) in [4.78, 5) is 11.3. The van der Waals surface area contributed by atoms with Crippen molar-refractivity contribution < 1.29 is 4.79 Å². The van der Waals surface area contributed by atoms with Gasteiger partial charge in [-0.25, -0.2) is 0 Å². The molecule has 5 heteroatoms. The molecule has 1 amide bonds. The van der Waals surface area contributed by atoms with Crippen molar-refractivity contribution in [2.24, 2.45) is 0 Å². The van der Waals surface area contributed by atoms with E-state index in [-0.39, 0.29) is 12.1 Å². The van der Waals surface area contributed by atoms with E-state index in [1.807, 2.05) is 5.01 Å². The predicted octanol–water partition coefficient (Wildman–Crippen LogP) is 0.743. The van der Waals surface area contributed by atoms with Crippen molar-refractivity contribution in [1.29, 1.82) is 0 Å². The minimum absolute atomic E-state index is 0.0903. The summed E-state index contributed by atoms with van der Waals surface area (Å²) in [5.74, 6) is 1.19. The Hall–Kier alpha value is -1.49. The Morgan fingerprint density at radius 3 is 2.89 bits per heavy atom. The van der Waals surface area contributed by atoms with Gasteiger partial charge in [-0.2, -0.15) is 10.4 Å². The zero-order chi connectivity index (χ0) is 12.8. The number of dihydropyridines is 1. The van der Waals surface area contributed by atoms with Crippen LogP contribution in [0.1, 0.15) is 38.5 Å². The Bertz CT molecular complexity index is 494. The van der Waals surface area contributed by atoms with Crippen LogP contribution in [-0.4, -0.2) is 30.2 Å². The third kappa shape index (κ3) is 1.84. The Balaban J connectivity index is 1.54. The van der Waals surface area contributed by atoms with E-state index in [9.17, 15) is 4.79 Å². The fourth-order valence-electron chi connectivity index (χ4n) is 3.56. The second-order valence-corrected chi connectivity index (χ2v) is 5.79. The number of carbonyl (C=O) groups is 1. The fraction of sp³-hybridized carbons (Fsp3) is 0.643. The van der Waals surface area contributed by atoms with E-state index in [0.717, 1.165) is 25.3 Å². The Morgan fingerprint density at radius 2 is 2.05 bits per heavy atom. The van der Waals surface area contributed by atoms with Gasteiger partial charge in [0.05, 0.1) is 6.54 Å². The molecular weight excluding hydrogens is 240 g/mol. The maximum atomic E-state index is 11.3. The van der Waals surface area contributed by atoms with Crippen LogP contribution in [0.5, 0.6) is 0 Å². The van der Waals surface area contributed by atoms with Crippen LogP contribution < -0.4 is 16.1 Å². The average Bonchev–Trinajstić information content (AvgIpc) is 3.04. The number of amides is 1. The zero-order valence-electron chi connectivity index (χ0n) is 11.0. The lowest BCUT2D eigenvalue weighted by Crippen LogP contribution is -2.45. The molecule has 4 rings (SSSR count). The van der Waals surface area contributed by atoms with Crippen LogP contribution in [0.3, 0.4) is 0 Å². The van der Waals surface area contributed by atoms with Gasteiger partial charge in [0, 0.05) is 18.5 Å². The Labute approximate surface area is 113 Å². The highest BCUT2D eigenvalue weighted by molar-refractivity contribution is 5.78. The molecule has 1 aliphatic carbocycles. The molecule has 0 saturated carbocycles. The van der Waals surface area contributed by atoms with Crippen molar-refractivity contribution in [2.75, 3.05) is 13.1 Å². The number of hydrogen-bond donors (Lipinski definition) is 2. The molecule has 0 bridgehead atoms. The topological polar surface area (TPSA) is 58.5 Å². The molecule has 101 valence electrons. The van der Waals surface area contributed by atoms with E-state index in [1.54, 1.807) is 11.1 Å². The van der Waals surface area contributed by atoms with Gasteiger partial charge in [0.25, 0.3) is 0 Å². The maximum absolute atomic E-state index is 11.3.